The topological polar surface area (TPSA) is 70.5 Å². The summed E-state index contributed by atoms with van der Waals surface area (Å²) in [5.41, 5.74) is 10.4. The van der Waals surface area contributed by atoms with E-state index in [1.807, 2.05) is 6.92 Å². The molecule has 0 saturated heterocycles. The standard InChI is InChI=1S/C6H15NO.C5H13NO/c1-2-5-8-6-3-4-7;1-2-7-5-3-4-6/h2-7H2,1H3;2-6H2,1H3. The van der Waals surface area contributed by atoms with E-state index >= 15 is 0 Å². The lowest BCUT2D eigenvalue weighted by molar-refractivity contribution is 0.134. The fraction of sp³-hybridized carbons (Fsp3) is 1.00. The summed E-state index contributed by atoms with van der Waals surface area (Å²) in [6.07, 6.45) is 3.07. The van der Waals surface area contributed by atoms with E-state index in [2.05, 4.69) is 6.92 Å². The summed E-state index contributed by atoms with van der Waals surface area (Å²) in [4.78, 5) is 0. The summed E-state index contributed by atoms with van der Waals surface area (Å²) in [5, 5.41) is 0. The van der Waals surface area contributed by atoms with Crippen LogP contribution in [0.25, 0.3) is 0 Å². The number of hydrogen-bond acceptors (Lipinski definition) is 4. The average Bonchev–Trinajstić information content (AvgIpc) is 2.26. The first-order chi connectivity index (χ1) is 7.33. The number of ether oxygens (including phenoxy) is 2. The maximum absolute atomic E-state index is 5.23. The van der Waals surface area contributed by atoms with Crippen LogP contribution in [0.2, 0.25) is 0 Å². The molecular formula is C11H28N2O2. The Kier molecular flexibility index (Phi) is 22.3. The molecule has 4 nitrogen and oxygen atoms in total. The van der Waals surface area contributed by atoms with E-state index in [-0.39, 0.29) is 0 Å². The molecular weight excluding hydrogens is 192 g/mol. The molecule has 15 heavy (non-hydrogen) atoms. The Bertz CT molecular complexity index is 82.7. The van der Waals surface area contributed by atoms with Gasteiger partial charge in [-0.1, -0.05) is 6.92 Å². The average molecular weight is 220 g/mol. The first kappa shape index (κ1) is 17.2. The van der Waals surface area contributed by atoms with Crippen LogP contribution >= 0.6 is 0 Å². The highest BCUT2D eigenvalue weighted by atomic mass is 16.5. The Balaban J connectivity index is 0. The van der Waals surface area contributed by atoms with Crippen molar-refractivity contribution >= 4 is 0 Å². The van der Waals surface area contributed by atoms with Crippen molar-refractivity contribution in [2.75, 3.05) is 39.5 Å². The lowest BCUT2D eigenvalue weighted by Gasteiger charge is -1.97. The molecule has 0 aromatic rings. The molecule has 0 spiro atoms. The second kappa shape index (κ2) is 19.4. The molecule has 0 atom stereocenters. The molecule has 4 heteroatoms. The van der Waals surface area contributed by atoms with Gasteiger partial charge in [0.1, 0.15) is 0 Å². The van der Waals surface area contributed by atoms with Crippen molar-refractivity contribution in [1.82, 2.24) is 0 Å². The fourth-order valence-electron chi connectivity index (χ4n) is 0.762. The number of rotatable bonds is 9. The zero-order chi connectivity index (χ0) is 11.8. The second-order valence-corrected chi connectivity index (χ2v) is 3.09. The molecule has 0 amide bonds. The summed E-state index contributed by atoms with van der Waals surface area (Å²) >= 11 is 0. The van der Waals surface area contributed by atoms with Gasteiger partial charge in [-0.25, -0.2) is 0 Å². The quantitative estimate of drug-likeness (QED) is 0.572. The Labute approximate surface area is 94.3 Å². The lowest BCUT2D eigenvalue weighted by atomic mass is 10.4. The normalized spacial score (nSPS) is 9.60. The van der Waals surface area contributed by atoms with Crippen LogP contribution in [0.4, 0.5) is 0 Å². The van der Waals surface area contributed by atoms with Crippen LogP contribution in [0.3, 0.4) is 0 Å². The van der Waals surface area contributed by atoms with Crippen molar-refractivity contribution < 1.29 is 9.47 Å². The molecule has 0 bridgehead atoms. The summed E-state index contributed by atoms with van der Waals surface area (Å²) in [6, 6.07) is 0. The van der Waals surface area contributed by atoms with Gasteiger partial charge < -0.3 is 20.9 Å². The van der Waals surface area contributed by atoms with Crippen molar-refractivity contribution in [3.8, 4) is 0 Å². The zero-order valence-electron chi connectivity index (χ0n) is 10.3. The molecule has 4 N–H and O–H groups in total. The molecule has 0 aliphatic rings. The third-order valence-corrected chi connectivity index (χ3v) is 1.54. The molecule has 0 radical (unpaired) electrons. The highest BCUT2D eigenvalue weighted by Crippen LogP contribution is 1.81. The molecule has 94 valence electrons. The molecule has 0 saturated carbocycles. The molecule has 0 aromatic heterocycles. The van der Waals surface area contributed by atoms with Gasteiger partial charge in [-0.05, 0) is 39.3 Å². The maximum Gasteiger partial charge on any atom is 0.0478 e. The van der Waals surface area contributed by atoms with Gasteiger partial charge >= 0.3 is 0 Å². The van der Waals surface area contributed by atoms with E-state index in [1.54, 1.807) is 0 Å². The molecule has 0 unspecified atom stereocenters. The van der Waals surface area contributed by atoms with Crippen LogP contribution in [-0.4, -0.2) is 39.5 Å². The van der Waals surface area contributed by atoms with Crippen molar-refractivity contribution in [3.63, 3.8) is 0 Å². The van der Waals surface area contributed by atoms with Crippen LogP contribution in [0.15, 0.2) is 0 Å². The van der Waals surface area contributed by atoms with Gasteiger partial charge in [0.15, 0.2) is 0 Å². The number of hydrogen-bond donors (Lipinski definition) is 2. The molecule has 0 rings (SSSR count). The van der Waals surface area contributed by atoms with Crippen molar-refractivity contribution in [2.45, 2.75) is 33.1 Å². The Hall–Kier alpha value is -0.160. The third-order valence-electron chi connectivity index (χ3n) is 1.54. The Morgan fingerprint density at radius 1 is 0.800 bits per heavy atom. The van der Waals surface area contributed by atoms with Crippen molar-refractivity contribution in [2.24, 2.45) is 11.5 Å². The van der Waals surface area contributed by atoms with Crippen LogP contribution in [0.5, 0.6) is 0 Å². The monoisotopic (exact) mass is 220 g/mol. The van der Waals surface area contributed by atoms with Gasteiger partial charge in [-0.2, -0.15) is 0 Å². The molecule has 0 heterocycles. The summed E-state index contributed by atoms with van der Waals surface area (Å²) in [5.74, 6) is 0. The van der Waals surface area contributed by atoms with Crippen LogP contribution < -0.4 is 11.5 Å². The second-order valence-electron chi connectivity index (χ2n) is 3.09. The molecule has 0 fully saturated rings. The minimum atomic E-state index is 0.736. The van der Waals surface area contributed by atoms with Crippen LogP contribution in [0.1, 0.15) is 33.1 Å². The van der Waals surface area contributed by atoms with E-state index in [1.165, 1.54) is 0 Å². The smallest absolute Gasteiger partial charge is 0.0478 e. The van der Waals surface area contributed by atoms with E-state index in [4.69, 9.17) is 20.9 Å². The Morgan fingerprint density at radius 3 is 1.73 bits per heavy atom. The van der Waals surface area contributed by atoms with E-state index in [0.717, 1.165) is 58.8 Å². The molecule has 0 aromatic carbocycles. The third kappa shape index (κ3) is 24.8. The first-order valence-electron chi connectivity index (χ1n) is 5.89. The van der Waals surface area contributed by atoms with Gasteiger partial charge in [0.25, 0.3) is 0 Å². The van der Waals surface area contributed by atoms with Gasteiger partial charge in [0.05, 0.1) is 0 Å². The van der Waals surface area contributed by atoms with Gasteiger partial charge in [0.2, 0.25) is 0 Å². The predicted molar refractivity (Wildman–Crippen MR) is 64.9 cm³/mol. The zero-order valence-corrected chi connectivity index (χ0v) is 10.3. The largest absolute Gasteiger partial charge is 0.382 e. The van der Waals surface area contributed by atoms with Gasteiger partial charge in [-0.3, -0.25) is 0 Å². The predicted octanol–water partition coefficient (Wildman–Crippen LogP) is 1.13. The summed E-state index contributed by atoms with van der Waals surface area (Å²) < 4.78 is 10.1. The summed E-state index contributed by atoms with van der Waals surface area (Å²) in [6.45, 7) is 8.88. The van der Waals surface area contributed by atoms with Crippen LogP contribution in [0, 0.1) is 0 Å². The van der Waals surface area contributed by atoms with E-state index in [9.17, 15) is 0 Å². The molecule has 0 aliphatic heterocycles. The minimum absolute atomic E-state index is 0.736. The van der Waals surface area contributed by atoms with E-state index < -0.39 is 0 Å². The van der Waals surface area contributed by atoms with Gasteiger partial charge in [-0.15, -0.1) is 0 Å². The highest BCUT2D eigenvalue weighted by molar-refractivity contribution is 4.34. The highest BCUT2D eigenvalue weighted by Gasteiger charge is 1.82. The first-order valence-corrected chi connectivity index (χ1v) is 5.89. The SMILES string of the molecule is CCCOCCCN.CCOCCCN. The summed E-state index contributed by atoms with van der Waals surface area (Å²) in [7, 11) is 0. The number of nitrogens with two attached hydrogens (primary N) is 2. The lowest BCUT2D eigenvalue weighted by Crippen LogP contribution is -2.04. The van der Waals surface area contributed by atoms with Gasteiger partial charge in [0, 0.05) is 26.4 Å². The maximum atomic E-state index is 5.23. The fourth-order valence-corrected chi connectivity index (χ4v) is 0.762. The van der Waals surface area contributed by atoms with Crippen molar-refractivity contribution in [1.29, 1.82) is 0 Å². The minimum Gasteiger partial charge on any atom is -0.382 e. The van der Waals surface area contributed by atoms with E-state index in [0.29, 0.717) is 0 Å². The molecule has 0 aliphatic carbocycles. The van der Waals surface area contributed by atoms with Crippen molar-refractivity contribution in [3.05, 3.63) is 0 Å². The van der Waals surface area contributed by atoms with Crippen LogP contribution in [-0.2, 0) is 9.47 Å². The Morgan fingerprint density at radius 2 is 1.33 bits per heavy atom.